The van der Waals surface area contributed by atoms with Crippen molar-refractivity contribution in [3.05, 3.63) is 100 Å². The molecule has 0 saturated carbocycles. The Morgan fingerprint density at radius 2 is 1.36 bits per heavy atom. The molecule has 0 spiro atoms. The van der Waals surface area contributed by atoms with Crippen molar-refractivity contribution in [2.75, 3.05) is 0 Å². The number of halogens is 2. The van der Waals surface area contributed by atoms with Crippen molar-refractivity contribution in [1.82, 2.24) is 0 Å². The van der Waals surface area contributed by atoms with Gasteiger partial charge in [-0.1, -0.05) is 65.7 Å². The Morgan fingerprint density at radius 1 is 0.800 bits per heavy atom. The van der Waals surface area contributed by atoms with Crippen LogP contribution in [0.3, 0.4) is 0 Å². The number of hydrogen-bond donors (Lipinski definition) is 0. The van der Waals surface area contributed by atoms with Crippen LogP contribution in [0, 0.1) is 0 Å². The van der Waals surface area contributed by atoms with Crippen molar-refractivity contribution in [2.45, 2.75) is 16.6 Å². The molecular formula is C21H16Cl2OS. The van der Waals surface area contributed by atoms with Gasteiger partial charge in [-0.15, -0.1) is 11.8 Å². The Morgan fingerprint density at radius 3 is 1.96 bits per heavy atom. The molecule has 0 fully saturated rings. The minimum absolute atomic E-state index is 0.00569. The average Bonchev–Trinajstić information content (AvgIpc) is 2.64. The van der Waals surface area contributed by atoms with Gasteiger partial charge in [-0.3, -0.25) is 4.79 Å². The fourth-order valence-electron chi connectivity index (χ4n) is 2.49. The highest BCUT2D eigenvalue weighted by atomic mass is 35.5. The third-order valence-electron chi connectivity index (χ3n) is 3.80. The summed E-state index contributed by atoms with van der Waals surface area (Å²) in [7, 11) is 0. The van der Waals surface area contributed by atoms with Gasteiger partial charge in [0, 0.05) is 32.2 Å². The van der Waals surface area contributed by atoms with E-state index in [1.807, 2.05) is 78.9 Å². The predicted molar refractivity (Wildman–Crippen MR) is 107 cm³/mol. The van der Waals surface area contributed by atoms with Crippen LogP contribution in [0.5, 0.6) is 0 Å². The van der Waals surface area contributed by atoms with Gasteiger partial charge in [0.1, 0.15) is 0 Å². The predicted octanol–water partition coefficient (Wildman–Crippen LogP) is 7.10. The van der Waals surface area contributed by atoms with Crippen LogP contribution in [0.25, 0.3) is 0 Å². The van der Waals surface area contributed by atoms with E-state index in [1.165, 1.54) is 0 Å². The molecule has 0 aliphatic heterocycles. The fourth-order valence-corrected chi connectivity index (χ4v) is 3.89. The molecular weight excluding hydrogens is 371 g/mol. The van der Waals surface area contributed by atoms with E-state index in [9.17, 15) is 4.79 Å². The first-order valence-electron chi connectivity index (χ1n) is 7.88. The van der Waals surface area contributed by atoms with Crippen LogP contribution in [0.4, 0.5) is 0 Å². The summed E-state index contributed by atoms with van der Waals surface area (Å²) in [5.74, 6) is 0.127. The van der Waals surface area contributed by atoms with Crippen molar-refractivity contribution < 1.29 is 4.79 Å². The van der Waals surface area contributed by atoms with Gasteiger partial charge in [0.25, 0.3) is 0 Å². The molecule has 1 nitrogen and oxygen atoms in total. The number of rotatable bonds is 6. The number of thioether (sulfide) groups is 1. The zero-order chi connectivity index (χ0) is 17.6. The molecule has 0 bridgehead atoms. The summed E-state index contributed by atoms with van der Waals surface area (Å²) in [4.78, 5) is 13.8. The SMILES string of the molecule is O=C(C[C@H](Sc1ccc(Cl)cc1)c1ccc(Cl)cc1)c1ccccc1. The van der Waals surface area contributed by atoms with Gasteiger partial charge in [0.05, 0.1) is 0 Å². The van der Waals surface area contributed by atoms with Crippen molar-refractivity contribution in [3.8, 4) is 0 Å². The number of carbonyl (C=O) groups excluding carboxylic acids is 1. The Kier molecular flexibility index (Phi) is 6.19. The molecule has 0 aromatic heterocycles. The number of ketones is 1. The van der Waals surface area contributed by atoms with Gasteiger partial charge in [0.2, 0.25) is 0 Å². The minimum atomic E-state index is 0.00569. The molecule has 3 aromatic rings. The first kappa shape index (κ1) is 18.1. The zero-order valence-corrected chi connectivity index (χ0v) is 15.7. The molecule has 0 aliphatic rings. The molecule has 0 radical (unpaired) electrons. The molecule has 0 heterocycles. The average molecular weight is 387 g/mol. The maximum absolute atomic E-state index is 12.7. The molecule has 0 unspecified atom stereocenters. The number of benzene rings is 3. The van der Waals surface area contributed by atoms with Gasteiger partial charge in [-0.05, 0) is 42.0 Å². The van der Waals surface area contributed by atoms with E-state index in [0.717, 1.165) is 16.0 Å². The summed E-state index contributed by atoms with van der Waals surface area (Å²) in [5.41, 5.74) is 1.81. The van der Waals surface area contributed by atoms with Crippen LogP contribution in [0.1, 0.15) is 27.6 Å². The Labute approximate surface area is 162 Å². The van der Waals surface area contributed by atoms with Crippen molar-refractivity contribution in [2.24, 2.45) is 0 Å². The van der Waals surface area contributed by atoms with E-state index >= 15 is 0 Å². The summed E-state index contributed by atoms with van der Waals surface area (Å²) in [6.07, 6.45) is 0.416. The summed E-state index contributed by atoms with van der Waals surface area (Å²) < 4.78 is 0. The highest BCUT2D eigenvalue weighted by molar-refractivity contribution is 7.99. The largest absolute Gasteiger partial charge is 0.294 e. The maximum atomic E-state index is 12.7. The second kappa shape index (κ2) is 8.57. The summed E-state index contributed by atoms with van der Waals surface area (Å²) >= 11 is 13.6. The van der Waals surface area contributed by atoms with Crippen LogP contribution < -0.4 is 0 Å². The highest BCUT2D eigenvalue weighted by Crippen LogP contribution is 2.39. The second-order valence-electron chi connectivity index (χ2n) is 5.61. The summed E-state index contributed by atoms with van der Waals surface area (Å²) in [6, 6.07) is 24.8. The molecule has 1 atom stereocenters. The van der Waals surface area contributed by atoms with Crippen molar-refractivity contribution in [3.63, 3.8) is 0 Å². The summed E-state index contributed by atoms with van der Waals surface area (Å²) in [6.45, 7) is 0. The molecule has 0 aliphatic carbocycles. The zero-order valence-electron chi connectivity index (χ0n) is 13.4. The van der Waals surface area contributed by atoms with E-state index in [2.05, 4.69) is 0 Å². The van der Waals surface area contributed by atoms with Crippen LogP contribution in [0.2, 0.25) is 10.0 Å². The quantitative estimate of drug-likeness (QED) is 0.331. The van der Waals surface area contributed by atoms with Crippen molar-refractivity contribution in [1.29, 1.82) is 0 Å². The van der Waals surface area contributed by atoms with E-state index < -0.39 is 0 Å². The lowest BCUT2D eigenvalue weighted by Gasteiger charge is -2.17. The van der Waals surface area contributed by atoms with Crippen LogP contribution in [0.15, 0.2) is 83.8 Å². The van der Waals surface area contributed by atoms with Crippen LogP contribution in [-0.2, 0) is 0 Å². The lowest BCUT2D eigenvalue weighted by Crippen LogP contribution is -2.05. The number of carbonyl (C=O) groups is 1. The lowest BCUT2D eigenvalue weighted by molar-refractivity contribution is 0.0982. The van der Waals surface area contributed by atoms with Crippen LogP contribution in [-0.4, -0.2) is 5.78 Å². The normalized spacial score (nSPS) is 11.9. The highest BCUT2D eigenvalue weighted by Gasteiger charge is 2.18. The third kappa shape index (κ3) is 5.12. The molecule has 3 aromatic carbocycles. The first-order chi connectivity index (χ1) is 12.1. The van der Waals surface area contributed by atoms with Gasteiger partial charge in [-0.25, -0.2) is 0 Å². The molecule has 3 rings (SSSR count). The monoisotopic (exact) mass is 386 g/mol. The number of Topliss-reactive ketones (excluding diaryl/α,β-unsaturated/α-hetero) is 1. The van der Waals surface area contributed by atoms with E-state index in [1.54, 1.807) is 11.8 Å². The van der Waals surface area contributed by atoms with E-state index in [-0.39, 0.29) is 11.0 Å². The van der Waals surface area contributed by atoms with Gasteiger partial charge >= 0.3 is 0 Å². The Hall–Kier alpha value is -1.74. The van der Waals surface area contributed by atoms with E-state index in [0.29, 0.717) is 16.5 Å². The van der Waals surface area contributed by atoms with Gasteiger partial charge in [-0.2, -0.15) is 0 Å². The molecule has 0 saturated heterocycles. The second-order valence-corrected chi connectivity index (χ2v) is 7.75. The minimum Gasteiger partial charge on any atom is -0.294 e. The lowest BCUT2D eigenvalue weighted by atomic mass is 10.0. The molecule has 126 valence electrons. The van der Waals surface area contributed by atoms with Gasteiger partial charge < -0.3 is 0 Å². The Balaban J connectivity index is 1.84. The Bertz CT molecular complexity index is 830. The summed E-state index contributed by atoms with van der Waals surface area (Å²) in [5, 5.41) is 1.40. The van der Waals surface area contributed by atoms with Crippen molar-refractivity contribution >= 4 is 40.7 Å². The molecule has 0 N–H and O–H groups in total. The number of hydrogen-bond acceptors (Lipinski definition) is 2. The van der Waals surface area contributed by atoms with Crippen LogP contribution >= 0.6 is 35.0 Å². The standard InChI is InChI=1S/C21H16Cl2OS/c22-17-8-6-16(7-9-17)21(25-19-12-10-18(23)11-13-19)14-20(24)15-4-2-1-3-5-15/h1-13,21H,14H2/t21-/m0/s1. The molecule has 0 amide bonds. The maximum Gasteiger partial charge on any atom is 0.164 e. The third-order valence-corrected chi connectivity index (χ3v) is 5.57. The smallest absolute Gasteiger partial charge is 0.164 e. The van der Waals surface area contributed by atoms with Gasteiger partial charge in [0.15, 0.2) is 5.78 Å². The molecule has 25 heavy (non-hydrogen) atoms. The topological polar surface area (TPSA) is 17.1 Å². The fraction of sp³-hybridized carbons (Fsp3) is 0.0952. The molecule has 4 heteroatoms. The first-order valence-corrected chi connectivity index (χ1v) is 9.51. The van der Waals surface area contributed by atoms with E-state index in [4.69, 9.17) is 23.2 Å².